The second-order valence-electron chi connectivity index (χ2n) is 4.62. The minimum absolute atomic E-state index is 0. The molecule has 0 aliphatic carbocycles. The van der Waals surface area contributed by atoms with Gasteiger partial charge >= 0.3 is 0 Å². The number of rotatable bonds is 2. The average molecular weight is 368 g/mol. The van der Waals surface area contributed by atoms with Crippen LogP contribution in [-0.2, 0) is 0 Å². The van der Waals surface area contributed by atoms with Crippen molar-refractivity contribution in [2.45, 2.75) is 12.8 Å². The molecule has 19 heavy (non-hydrogen) atoms. The van der Waals surface area contributed by atoms with Gasteiger partial charge in [0.15, 0.2) is 0 Å². The van der Waals surface area contributed by atoms with E-state index >= 15 is 0 Å². The van der Waals surface area contributed by atoms with Gasteiger partial charge in [-0.3, -0.25) is 4.79 Å². The molecule has 1 heterocycles. The van der Waals surface area contributed by atoms with Crippen LogP contribution >= 0.6 is 39.9 Å². The third-order valence-electron chi connectivity index (χ3n) is 3.31. The van der Waals surface area contributed by atoms with Crippen LogP contribution in [0.25, 0.3) is 0 Å². The maximum absolute atomic E-state index is 12.3. The Hall–Kier alpha value is -0.290. The van der Waals surface area contributed by atoms with Gasteiger partial charge in [-0.1, -0.05) is 11.6 Å². The lowest BCUT2D eigenvalue weighted by Gasteiger charge is -2.32. The molecule has 0 spiro atoms. The van der Waals surface area contributed by atoms with E-state index in [1.807, 2.05) is 4.90 Å². The molecule has 1 amide bonds. The van der Waals surface area contributed by atoms with Crippen molar-refractivity contribution < 1.29 is 4.79 Å². The van der Waals surface area contributed by atoms with Gasteiger partial charge in [-0.25, -0.2) is 0 Å². The third-order valence-corrected chi connectivity index (χ3v) is 4.54. The Labute approximate surface area is 133 Å². The number of likely N-dealkylation sites (tertiary alicyclic amines) is 1. The van der Waals surface area contributed by atoms with E-state index in [1.54, 1.807) is 18.2 Å². The summed E-state index contributed by atoms with van der Waals surface area (Å²) < 4.78 is 0.805. The maximum atomic E-state index is 12.3. The largest absolute Gasteiger partial charge is 0.338 e. The predicted molar refractivity (Wildman–Crippen MR) is 84.1 cm³/mol. The molecule has 1 atom stereocenters. The van der Waals surface area contributed by atoms with Crippen LogP contribution in [0.15, 0.2) is 22.7 Å². The fourth-order valence-electron chi connectivity index (χ4n) is 2.25. The van der Waals surface area contributed by atoms with Crippen molar-refractivity contribution in [2.24, 2.45) is 11.7 Å². The number of carbonyl (C=O) groups excluding carboxylic acids is 1. The Morgan fingerprint density at radius 3 is 2.89 bits per heavy atom. The minimum Gasteiger partial charge on any atom is -0.338 e. The summed E-state index contributed by atoms with van der Waals surface area (Å²) in [4.78, 5) is 14.2. The molecular weight excluding hydrogens is 351 g/mol. The molecule has 2 rings (SSSR count). The zero-order valence-electron chi connectivity index (χ0n) is 10.4. The lowest BCUT2D eigenvalue weighted by atomic mass is 9.97. The van der Waals surface area contributed by atoms with E-state index in [9.17, 15) is 4.79 Å². The number of carbonyl (C=O) groups is 1. The number of hydrogen-bond acceptors (Lipinski definition) is 2. The van der Waals surface area contributed by atoms with Gasteiger partial charge in [0.1, 0.15) is 0 Å². The molecule has 0 radical (unpaired) electrons. The van der Waals surface area contributed by atoms with Crippen molar-refractivity contribution in [2.75, 3.05) is 19.6 Å². The SMILES string of the molecule is Cl.NCC1CCCN(C(=O)c2ccc(Br)c(Cl)c2)C1. The second kappa shape index (κ2) is 7.48. The maximum Gasteiger partial charge on any atom is 0.253 e. The molecule has 1 aliphatic rings. The Kier molecular flexibility index (Phi) is 6.60. The summed E-state index contributed by atoms with van der Waals surface area (Å²) in [6, 6.07) is 5.31. The van der Waals surface area contributed by atoms with Gasteiger partial charge in [-0.15, -0.1) is 12.4 Å². The highest BCUT2D eigenvalue weighted by Crippen LogP contribution is 2.25. The molecule has 6 heteroatoms. The fraction of sp³-hybridized carbons (Fsp3) is 0.462. The minimum atomic E-state index is 0. The van der Waals surface area contributed by atoms with Crippen LogP contribution in [0.1, 0.15) is 23.2 Å². The lowest BCUT2D eigenvalue weighted by Crippen LogP contribution is -2.42. The Morgan fingerprint density at radius 2 is 2.26 bits per heavy atom. The molecule has 2 N–H and O–H groups in total. The highest BCUT2D eigenvalue weighted by Gasteiger charge is 2.23. The summed E-state index contributed by atoms with van der Waals surface area (Å²) in [6.45, 7) is 2.21. The number of nitrogens with zero attached hydrogens (tertiary/aromatic N) is 1. The molecule has 1 aliphatic heterocycles. The zero-order chi connectivity index (χ0) is 13.1. The fourth-order valence-corrected chi connectivity index (χ4v) is 2.68. The van der Waals surface area contributed by atoms with Gasteiger partial charge in [-0.2, -0.15) is 0 Å². The van der Waals surface area contributed by atoms with Crippen molar-refractivity contribution >= 4 is 45.8 Å². The molecule has 1 unspecified atom stereocenters. The van der Waals surface area contributed by atoms with Crippen molar-refractivity contribution in [1.82, 2.24) is 4.90 Å². The van der Waals surface area contributed by atoms with Crippen molar-refractivity contribution in [3.05, 3.63) is 33.3 Å². The van der Waals surface area contributed by atoms with Gasteiger partial charge in [0.05, 0.1) is 5.02 Å². The van der Waals surface area contributed by atoms with E-state index < -0.39 is 0 Å². The topological polar surface area (TPSA) is 46.3 Å². The van der Waals surface area contributed by atoms with Crippen LogP contribution in [0.3, 0.4) is 0 Å². The molecule has 0 bridgehead atoms. The standard InChI is InChI=1S/C13H16BrClN2O.ClH/c14-11-4-3-10(6-12(11)15)13(18)17-5-1-2-9(7-16)8-17;/h3-4,6,9H,1-2,5,7-8,16H2;1H. The summed E-state index contributed by atoms with van der Waals surface area (Å²) >= 11 is 9.34. The van der Waals surface area contributed by atoms with Crippen LogP contribution in [0, 0.1) is 5.92 Å². The molecule has 106 valence electrons. The summed E-state index contributed by atoms with van der Waals surface area (Å²) in [5.74, 6) is 0.469. The van der Waals surface area contributed by atoms with E-state index in [-0.39, 0.29) is 18.3 Å². The van der Waals surface area contributed by atoms with Gasteiger partial charge in [0.2, 0.25) is 0 Å². The quantitative estimate of drug-likeness (QED) is 0.871. The Bertz CT molecular complexity index is 456. The molecule has 1 fully saturated rings. The van der Waals surface area contributed by atoms with Gasteiger partial charge in [0, 0.05) is 23.1 Å². The number of piperidine rings is 1. The van der Waals surface area contributed by atoms with Crippen molar-refractivity contribution in [3.8, 4) is 0 Å². The normalized spacial score (nSPS) is 18.9. The molecule has 1 aromatic carbocycles. The zero-order valence-corrected chi connectivity index (χ0v) is 13.6. The molecular formula is C13H17BrCl2N2O. The van der Waals surface area contributed by atoms with Gasteiger partial charge in [0.25, 0.3) is 5.91 Å². The van der Waals surface area contributed by atoms with E-state index in [0.717, 1.165) is 30.4 Å². The summed E-state index contributed by atoms with van der Waals surface area (Å²) in [7, 11) is 0. The summed E-state index contributed by atoms with van der Waals surface area (Å²) in [5, 5.41) is 0.563. The molecule has 1 saturated heterocycles. The molecule has 3 nitrogen and oxygen atoms in total. The van der Waals surface area contributed by atoms with Gasteiger partial charge in [-0.05, 0) is 59.4 Å². The third kappa shape index (κ3) is 4.09. The van der Waals surface area contributed by atoms with E-state index in [4.69, 9.17) is 17.3 Å². The first kappa shape index (κ1) is 16.8. The average Bonchev–Trinajstić information content (AvgIpc) is 2.41. The number of benzene rings is 1. The molecule has 1 aromatic rings. The van der Waals surface area contributed by atoms with Crippen LogP contribution in [-0.4, -0.2) is 30.4 Å². The summed E-state index contributed by atoms with van der Waals surface area (Å²) in [6.07, 6.45) is 2.14. The number of halogens is 3. The first-order chi connectivity index (χ1) is 8.61. The number of nitrogens with two attached hydrogens (primary N) is 1. The van der Waals surface area contributed by atoms with Crippen LogP contribution in [0.4, 0.5) is 0 Å². The predicted octanol–water partition coefficient (Wildman–Crippen LogP) is 3.34. The smallest absolute Gasteiger partial charge is 0.253 e. The first-order valence-corrected chi connectivity index (χ1v) is 7.23. The number of amides is 1. The van der Waals surface area contributed by atoms with Gasteiger partial charge < -0.3 is 10.6 Å². The molecule has 0 aromatic heterocycles. The van der Waals surface area contributed by atoms with E-state index in [0.29, 0.717) is 23.0 Å². The van der Waals surface area contributed by atoms with Crippen molar-refractivity contribution in [1.29, 1.82) is 0 Å². The van der Waals surface area contributed by atoms with Crippen molar-refractivity contribution in [3.63, 3.8) is 0 Å². The summed E-state index contributed by atoms with van der Waals surface area (Å²) in [5.41, 5.74) is 6.32. The highest BCUT2D eigenvalue weighted by atomic mass is 79.9. The number of hydrogen-bond donors (Lipinski definition) is 1. The van der Waals surface area contributed by atoms with Crippen LogP contribution < -0.4 is 5.73 Å². The lowest BCUT2D eigenvalue weighted by molar-refractivity contribution is 0.0678. The Balaban J connectivity index is 0.00000180. The van der Waals surface area contributed by atoms with E-state index in [1.165, 1.54) is 0 Å². The monoisotopic (exact) mass is 366 g/mol. The highest BCUT2D eigenvalue weighted by molar-refractivity contribution is 9.10. The molecule has 0 saturated carbocycles. The van der Waals surface area contributed by atoms with E-state index in [2.05, 4.69) is 15.9 Å². The van der Waals surface area contributed by atoms with Crippen LogP contribution in [0.5, 0.6) is 0 Å². The second-order valence-corrected chi connectivity index (χ2v) is 5.89. The van der Waals surface area contributed by atoms with Crippen LogP contribution in [0.2, 0.25) is 5.02 Å². The Morgan fingerprint density at radius 1 is 1.53 bits per heavy atom. The first-order valence-electron chi connectivity index (χ1n) is 6.06.